The molecule has 2 heterocycles. The lowest BCUT2D eigenvalue weighted by Gasteiger charge is -2.30. The third-order valence-corrected chi connectivity index (χ3v) is 4.41. The van der Waals surface area contributed by atoms with E-state index in [1.54, 1.807) is 4.57 Å². The first-order valence-electron chi connectivity index (χ1n) is 8.27. The van der Waals surface area contributed by atoms with E-state index in [1.807, 2.05) is 62.3 Å². The van der Waals surface area contributed by atoms with E-state index in [4.69, 9.17) is 5.26 Å². The molecule has 0 bridgehead atoms. The molecule has 0 aliphatic carbocycles. The fourth-order valence-electron chi connectivity index (χ4n) is 3.11. The normalized spacial score (nSPS) is 18.1. The molecule has 0 saturated carbocycles. The average molecular weight is 335 g/mol. The first-order chi connectivity index (χ1) is 12.0. The van der Waals surface area contributed by atoms with E-state index in [0.29, 0.717) is 5.82 Å². The number of para-hydroxylation sites is 1. The molecular weight excluding hydrogens is 314 g/mol. The van der Waals surface area contributed by atoms with Gasteiger partial charge in [0.05, 0.1) is 6.20 Å². The Hall–Kier alpha value is -3.07. The van der Waals surface area contributed by atoms with Crippen molar-refractivity contribution in [1.29, 1.82) is 5.26 Å². The lowest BCUT2D eigenvalue weighted by Crippen LogP contribution is -2.33. The zero-order chi connectivity index (χ0) is 18.0. The molecule has 1 aliphatic heterocycles. The Morgan fingerprint density at radius 1 is 1.36 bits per heavy atom. The van der Waals surface area contributed by atoms with Gasteiger partial charge in [0.2, 0.25) is 0 Å². The number of fused-ring (bicyclic) bond motifs is 1. The Labute approximate surface area is 147 Å². The first-order valence-corrected chi connectivity index (χ1v) is 8.27. The molecule has 25 heavy (non-hydrogen) atoms. The van der Waals surface area contributed by atoms with Gasteiger partial charge in [0.15, 0.2) is 0 Å². The van der Waals surface area contributed by atoms with Crippen LogP contribution in [0, 0.1) is 11.3 Å². The maximum atomic E-state index is 12.6. The minimum atomic E-state index is -0.269. The maximum Gasteiger partial charge on any atom is 0.271 e. The summed E-state index contributed by atoms with van der Waals surface area (Å²) in [6.07, 6.45) is 3.02. The summed E-state index contributed by atoms with van der Waals surface area (Å²) in [7, 11) is 3.92. The lowest BCUT2D eigenvalue weighted by atomic mass is 9.99. The third kappa shape index (κ3) is 3.13. The summed E-state index contributed by atoms with van der Waals surface area (Å²) < 4.78 is 1.65. The minimum Gasteiger partial charge on any atom is -0.364 e. The van der Waals surface area contributed by atoms with Gasteiger partial charge in [0, 0.05) is 31.4 Å². The minimum absolute atomic E-state index is 0.0205. The number of rotatable bonds is 3. The molecule has 1 aliphatic rings. The Balaban J connectivity index is 2.17. The molecule has 2 aromatic rings. The van der Waals surface area contributed by atoms with Crippen molar-refractivity contribution in [3.63, 3.8) is 0 Å². The van der Waals surface area contributed by atoms with Crippen molar-refractivity contribution in [3.05, 3.63) is 64.1 Å². The quantitative estimate of drug-likeness (QED) is 0.933. The fourth-order valence-corrected chi connectivity index (χ4v) is 3.11. The van der Waals surface area contributed by atoms with Crippen LogP contribution < -0.4 is 10.9 Å². The van der Waals surface area contributed by atoms with Crippen molar-refractivity contribution in [2.75, 3.05) is 19.4 Å². The van der Waals surface area contributed by atoms with Gasteiger partial charge in [-0.15, -0.1) is 0 Å². The monoisotopic (exact) mass is 335 g/mol. The molecule has 0 fully saturated rings. The van der Waals surface area contributed by atoms with Crippen LogP contribution in [0.2, 0.25) is 0 Å². The number of hydrogen-bond acceptors (Lipinski definition) is 5. The highest BCUT2D eigenvalue weighted by molar-refractivity contribution is 5.69. The predicted molar refractivity (Wildman–Crippen MR) is 97.8 cm³/mol. The molecular formula is C19H21N5O. The zero-order valence-electron chi connectivity index (χ0n) is 14.7. The van der Waals surface area contributed by atoms with Gasteiger partial charge in [-0.3, -0.25) is 9.36 Å². The molecule has 0 radical (unpaired) electrons. The van der Waals surface area contributed by atoms with Crippen molar-refractivity contribution in [2.45, 2.75) is 25.8 Å². The summed E-state index contributed by atoms with van der Waals surface area (Å²) in [6.45, 7) is 1.99. The van der Waals surface area contributed by atoms with Crippen LogP contribution in [-0.4, -0.2) is 28.5 Å². The highest BCUT2D eigenvalue weighted by Crippen LogP contribution is 2.33. The van der Waals surface area contributed by atoms with Gasteiger partial charge in [0.25, 0.3) is 5.56 Å². The molecule has 3 rings (SSSR count). The zero-order valence-corrected chi connectivity index (χ0v) is 14.7. The van der Waals surface area contributed by atoms with E-state index in [9.17, 15) is 4.79 Å². The fraction of sp³-hybridized carbons (Fsp3) is 0.316. The van der Waals surface area contributed by atoms with Crippen molar-refractivity contribution in [1.82, 2.24) is 14.5 Å². The number of anilines is 1. The van der Waals surface area contributed by atoms with Crippen molar-refractivity contribution >= 4 is 11.3 Å². The molecule has 1 aromatic carbocycles. The average Bonchev–Trinajstić information content (AvgIpc) is 2.61. The van der Waals surface area contributed by atoms with Crippen LogP contribution in [0.3, 0.4) is 0 Å². The Morgan fingerprint density at radius 3 is 2.72 bits per heavy atom. The SMILES string of the molecule is CC1CC/C(=C(\Nc2ccccc2)N(C)C)c2ncc(C#N)c(=O)n21. The number of aromatic nitrogens is 2. The largest absolute Gasteiger partial charge is 0.364 e. The molecule has 0 saturated heterocycles. The smallest absolute Gasteiger partial charge is 0.271 e. The van der Waals surface area contributed by atoms with Gasteiger partial charge in [-0.1, -0.05) is 18.2 Å². The number of nitriles is 1. The second-order valence-corrected chi connectivity index (χ2v) is 6.38. The Bertz CT molecular complexity index is 906. The number of nitrogens with one attached hydrogen (secondary N) is 1. The maximum absolute atomic E-state index is 12.6. The van der Waals surface area contributed by atoms with Crippen molar-refractivity contribution in [3.8, 4) is 6.07 Å². The number of benzene rings is 1. The molecule has 0 amide bonds. The van der Waals surface area contributed by atoms with Gasteiger partial charge in [-0.25, -0.2) is 4.98 Å². The molecule has 6 nitrogen and oxygen atoms in total. The topological polar surface area (TPSA) is 74.0 Å². The van der Waals surface area contributed by atoms with Crippen LogP contribution in [0.1, 0.15) is 37.2 Å². The van der Waals surface area contributed by atoms with Crippen LogP contribution in [-0.2, 0) is 0 Å². The van der Waals surface area contributed by atoms with Crippen LogP contribution in [0.15, 0.2) is 47.1 Å². The van der Waals surface area contributed by atoms with Crippen LogP contribution >= 0.6 is 0 Å². The molecule has 0 spiro atoms. The van der Waals surface area contributed by atoms with E-state index in [2.05, 4.69) is 10.3 Å². The molecule has 1 N–H and O–H groups in total. The third-order valence-electron chi connectivity index (χ3n) is 4.41. The molecule has 128 valence electrons. The highest BCUT2D eigenvalue weighted by atomic mass is 16.1. The van der Waals surface area contributed by atoms with E-state index in [-0.39, 0.29) is 17.2 Å². The van der Waals surface area contributed by atoms with Gasteiger partial charge >= 0.3 is 0 Å². The Kier molecular flexibility index (Phi) is 4.57. The van der Waals surface area contributed by atoms with Crippen LogP contribution in [0.4, 0.5) is 5.69 Å². The van der Waals surface area contributed by atoms with E-state index < -0.39 is 0 Å². The molecule has 1 atom stereocenters. The first kappa shape index (κ1) is 16.8. The summed E-state index contributed by atoms with van der Waals surface area (Å²) >= 11 is 0. The summed E-state index contributed by atoms with van der Waals surface area (Å²) in [4.78, 5) is 19.0. The van der Waals surface area contributed by atoms with Crippen molar-refractivity contribution < 1.29 is 0 Å². The van der Waals surface area contributed by atoms with Gasteiger partial charge in [0.1, 0.15) is 23.3 Å². The van der Waals surface area contributed by atoms with E-state index >= 15 is 0 Å². The van der Waals surface area contributed by atoms with Crippen LogP contribution in [0.25, 0.3) is 5.57 Å². The summed E-state index contributed by atoms with van der Waals surface area (Å²) in [5.74, 6) is 1.54. The molecule has 6 heteroatoms. The standard InChI is InChI=1S/C19H21N5O/c1-13-9-10-16(17-21-12-14(11-20)19(25)24(13)17)18(23(2)3)22-15-7-5-4-6-8-15/h4-8,12-13,22H,9-10H2,1-3H3/b18-16-. The van der Waals surface area contributed by atoms with Crippen molar-refractivity contribution in [2.24, 2.45) is 0 Å². The highest BCUT2D eigenvalue weighted by Gasteiger charge is 2.26. The second kappa shape index (κ2) is 6.81. The molecule has 1 aromatic heterocycles. The summed E-state index contributed by atoms with van der Waals surface area (Å²) in [5.41, 5.74) is 1.77. The van der Waals surface area contributed by atoms with Gasteiger partial charge in [-0.05, 0) is 31.9 Å². The second-order valence-electron chi connectivity index (χ2n) is 6.38. The van der Waals surface area contributed by atoms with Gasteiger partial charge < -0.3 is 10.2 Å². The number of allylic oxidation sites excluding steroid dienone is 1. The van der Waals surface area contributed by atoms with E-state index in [0.717, 1.165) is 29.9 Å². The Morgan fingerprint density at radius 2 is 2.08 bits per heavy atom. The summed E-state index contributed by atoms with van der Waals surface area (Å²) in [5, 5.41) is 12.6. The van der Waals surface area contributed by atoms with Crippen LogP contribution in [0.5, 0.6) is 0 Å². The molecule has 1 unspecified atom stereocenters. The summed E-state index contributed by atoms with van der Waals surface area (Å²) in [6, 6.07) is 11.9. The lowest BCUT2D eigenvalue weighted by molar-refractivity contribution is 0.451. The van der Waals surface area contributed by atoms with Gasteiger partial charge in [-0.2, -0.15) is 5.26 Å². The predicted octanol–water partition coefficient (Wildman–Crippen LogP) is 2.81. The number of nitrogens with zero attached hydrogens (tertiary/aromatic N) is 4. The number of hydrogen-bond donors (Lipinski definition) is 1. The van der Waals surface area contributed by atoms with E-state index in [1.165, 1.54) is 6.20 Å².